The zero-order valence-corrected chi connectivity index (χ0v) is 9.46. The summed E-state index contributed by atoms with van der Waals surface area (Å²) in [6.45, 7) is 6.32. The molecule has 3 N–H and O–H groups in total. The zero-order valence-electron chi connectivity index (χ0n) is 9.46. The molecule has 0 aromatic heterocycles. The third kappa shape index (κ3) is 3.95. The summed E-state index contributed by atoms with van der Waals surface area (Å²) < 4.78 is 5.48. The molecule has 0 aliphatic carbocycles. The van der Waals surface area contributed by atoms with Gasteiger partial charge in [-0.1, -0.05) is 13.8 Å². The van der Waals surface area contributed by atoms with Crippen molar-refractivity contribution in [2.75, 3.05) is 13.2 Å². The van der Waals surface area contributed by atoms with E-state index in [1.165, 1.54) is 25.7 Å². The van der Waals surface area contributed by atoms with Crippen molar-refractivity contribution in [2.45, 2.75) is 45.6 Å². The van der Waals surface area contributed by atoms with Gasteiger partial charge in [0.05, 0.1) is 6.61 Å². The van der Waals surface area contributed by atoms with E-state index in [1.807, 2.05) is 0 Å². The van der Waals surface area contributed by atoms with Gasteiger partial charge in [-0.15, -0.1) is 0 Å². The van der Waals surface area contributed by atoms with Gasteiger partial charge in [0.1, 0.15) is 0 Å². The quantitative estimate of drug-likeness (QED) is 0.524. The lowest BCUT2D eigenvalue weighted by molar-refractivity contribution is 0.0371. The highest BCUT2D eigenvalue weighted by atomic mass is 16.5. The van der Waals surface area contributed by atoms with E-state index in [1.54, 1.807) is 0 Å². The van der Waals surface area contributed by atoms with E-state index < -0.39 is 0 Å². The molecule has 1 saturated heterocycles. The van der Waals surface area contributed by atoms with E-state index in [-0.39, 0.29) is 0 Å². The minimum Gasteiger partial charge on any atom is -0.381 e. The number of nitrogens with two attached hydrogens (primary N) is 1. The fourth-order valence-electron chi connectivity index (χ4n) is 2.05. The molecule has 0 aromatic carbocycles. The van der Waals surface area contributed by atoms with Crippen LogP contribution in [0.5, 0.6) is 0 Å². The fraction of sp³-hybridized carbons (Fsp3) is 1.00. The molecule has 0 bridgehead atoms. The Morgan fingerprint density at radius 1 is 1.43 bits per heavy atom. The summed E-state index contributed by atoms with van der Waals surface area (Å²) >= 11 is 0. The molecule has 1 heterocycles. The van der Waals surface area contributed by atoms with Crippen LogP contribution in [-0.2, 0) is 4.74 Å². The van der Waals surface area contributed by atoms with Crippen molar-refractivity contribution in [3.63, 3.8) is 0 Å². The van der Waals surface area contributed by atoms with Crippen LogP contribution in [0.3, 0.4) is 0 Å². The smallest absolute Gasteiger partial charge is 0.0509 e. The highest BCUT2D eigenvalue weighted by Gasteiger charge is 2.22. The third-order valence-electron chi connectivity index (χ3n) is 3.03. The first-order chi connectivity index (χ1) is 6.74. The van der Waals surface area contributed by atoms with Gasteiger partial charge in [-0.05, 0) is 37.5 Å². The Balaban J connectivity index is 2.28. The minimum absolute atomic E-state index is 0.442. The van der Waals surface area contributed by atoms with Crippen LogP contribution in [0.4, 0.5) is 0 Å². The van der Waals surface area contributed by atoms with E-state index in [2.05, 4.69) is 19.3 Å². The van der Waals surface area contributed by atoms with E-state index in [4.69, 9.17) is 10.6 Å². The van der Waals surface area contributed by atoms with Gasteiger partial charge in [0, 0.05) is 12.6 Å². The molecule has 1 aliphatic rings. The van der Waals surface area contributed by atoms with Crippen molar-refractivity contribution in [3.8, 4) is 0 Å². The highest BCUT2D eigenvalue weighted by Crippen LogP contribution is 2.21. The standard InChI is InChI=1S/C11H24N2O/c1-9(2)5-6-11(13-12)10-4-3-7-14-8-10/h9-11,13H,3-8,12H2,1-2H3. The number of hydrogen-bond donors (Lipinski definition) is 2. The second-order valence-corrected chi connectivity index (χ2v) is 4.72. The van der Waals surface area contributed by atoms with Crippen molar-refractivity contribution in [1.82, 2.24) is 5.43 Å². The lowest BCUT2D eigenvalue weighted by atomic mass is 9.89. The average molecular weight is 200 g/mol. The number of hydrazine groups is 1. The maximum atomic E-state index is 5.58. The Morgan fingerprint density at radius 3 is 2.71 bits per heavy atom. The van der Waals surface area contributed by atoms with Crippen molar-refractivity contribution in [1.29, 1.82) is 0 Å². The number of hydrogen-bond acceptors (Lipinski definition) is 3. The Hall–Kier alpha value is -0.120. The normalized spacial score (nSPS) is 25.3. The van der Waals surface area contributed by atoms with Crippen LogP contribution >= 0.6 is 0 Å². The van der Waals surface area contributed by atoms with Crippen LogP contribution in [0.2, 0.25) is 0 Å². The summed E-state index contributed by atoms with van der Waals surface area (Å²) in [6, 6.07) is 0.442. The lowest BCUT2D eigenvalue weighted by Crippen LogP contribution is -2.44. The molecule has 1 aliphatic heterocycles. The van der Waals surface area contributed by atoms with Gasteiger partial charge in [-0.25, -0.2) is 0 Å². The summed E-state index contributed by atoms with van der Waals surface area (Å²) in [4.78, 5) is 0. The zero-order chi connectivity index (χ0) is 10.4. The van der Waals surface area contributed by atoms with Gasteiger partial charge in [0.15, 0.2) is 0 Å². The van der Waals surface area contributed by atoms with Crippen LogP contribution in [0.25, 0.3) is 0 Å². The molecule has 2 atom stereocenters. The molecule has 0 saturated carbocycles. The minimum atomic E-state index is 0.442. The van der Waals surface area contributed by atoms with Gasteiger partial charge < -0.3 is 4.74 Å². The largest absolute Gasteiger partial charge is 0.381 e. The van der Waals surface area contributed by atoms with Crippen molar-refractivity contribution in [2.24, 2.45) is 17.7 Å². The first-order valence-corrected chi connectivity index (χ1v) is 5.78. The van der Waals surface area contributed by atoms with E-state index in [9.17, 15) is 0 Å². The first kappa shape index (κ1) is 12.0. The summed E-state index contributed by atoms with van der Waals surface area (Å²) in [5.74, 6) is 6.96. The topological polar surface area (TPSA) is 47.3 Å². The van der Waals surface area contributed by atoms with Crippen molar-refractivity contribution < 1.29 is 4.74 Å². The van der Waals surface area contributed by atoms with Crippen LogP contribution in [0.1, 0.15) is 39.5 Å². The van der Waals surface area contributed by atoms with Crippen LogP contribution in [0, 0.1) is 11.8 Å². The molecule has 0 radical (unpaired) electrons. The summed E-state index contributed by atoms with van der Waals surface area (Å²) in [5, 5.41) is 0. The summed E-state index contributed by atoms with van der Waals surface area (Å²) in [5.41, 5.74) is 2.95. The monoisotopic (exact) mass is 200 g/mol. The molecule has 3 nitrogen and oxygen atoms in total. The van der Waals surface area contributed by atoms with Crippen LogP contribution in [-0.4, -0.2) is 19.3 Å². The van der Waals surface area contributed by atoms with Gasteiger partial charge in [-0.2, -0.15) is 0 Å². The molecule has 1 fully saturated rings. The third-order valence-corrected chi connectivity index (χ3v) is 3.03. The first-order valence-electron chi connectivity index (χ1n) is 5.78. The Bertz CT molecular complexity index is 144. The molecule has 1 rings (SSSR count). The second kappa shape index (κ2) is 6.38. The Labute approximate surface area is 87.4 Å². The predicted octanol–water partition coefficient (Wildman–Crippen LogP) is 1.68. The maximum Gasteiger partial charge on any atom is 0.0509 e. The molecular formula is C11H24N2O. The average Bonchev–Trinajstić information content (AvgIpc) is 2.20. The molecule has 84 valence electrons. The summed E-state index contributed by atoms with van der Waals surface area (Å²) in [7, 11) is 0. The van der Waals surface area contributed by atoms with Gasteiger partial charge in [-0.3, -0.25) is 11.3 Å². The molecule has 0 amide bonds. The Kier molecular flexibility index (Phi) is 5.45. The maximum absolute atomic E-state index is 5.58. The van der Waals surface area contributed by atoms with E-state index in [0.717, 1.165) is 19.1 Å². The summed E-state index contributed by atoms with van der Waals surface area (Å²) in [6.07, 6.45) is 4.85. The number of nitrogens with one attached hydrogen (secondary N) is 1. The molecule has 3 heteroatoms. The predicted molar refractivity (Wildman–Crippen MR) is 58.7 cm³/mol. The molecule has 0 aromatic rings. The molecule has 14 heavy (non-hydrogen) atoms. The van der Waals surface area contributed by atoms with Crippen molar-refractivity contribution >= 4 is 0 Å². The van der Waals surface area contributed by atoms with Crippen LogP contribution < -0.4 is 11.3 Å². The van der Waals surface area contributed by atoms with Crippen molar-refractivity contribution in [3.05, 3.63) is 0 Å². The second-order valence-electron chi connectivity index (χ2n) is 4.72. The van der Waals surface area contributed by atoms with E-state index in [0.29, 0.717) is 12.0 Å². The van der Waals surface area contributed by atoms with E-state index >= 15 is 0 Å². The number of ether oxygens (including phenoxy) is 1. The Morgan fingerprint density at radius 2 is 2.21 bits per heavy atom. The van der Waals surface area contributed by atoms with Crippen LogP contribution in [0.15, 0.2) is 0 Å². The SMILES string of the molecule is CC(C)CCC(NN)C1CCCOC1. The lowest BCUT2D eigenvalue weighted by Gasteiger charge is -2.30. The highest BCUT2D eigenvalue weighted by molar-refractivity contribution is 4.77. The molecule has 2 unspecified atom stereocenters. The number of rotatable bonds is 5. The molecule has 0 spiro atoms. The molecular weight excluding hydrogens is 176 g/mol. The van der Waals surface area contributed by atoms with Gasteiger partial charge in [0.25, 0.3) is 0 Å². The fourth-order valence-corrected chi connectivity index (χ4v) is 2.05. The van der Waals surface area contributed by atoms with Gasteiger partial charge in [0.2, 0.25) is 0 Å². The van der Waals surface area contributed by atoms with Gasteiger partial charge >= 0.3 is 0 Å².